The molecule has 0 unspecified atom stereocenters. The Morgan fingerprint density at radius 1 is 1.21 bits per heavy atom. The molecule has 0 aliphatic heterocycles. The number of aromatic nitrogens is 3. The van der Waals surface area contributed by atoms with Crippen molar-refractivity contribution in [3.8, 4) is 0 Å². The fourth-order valence-electron chi connectivity index (χ4n) is 2.12. The average molecular weight is 266 g/mol. The van der Waals surface area contributed by atoms with Crippen molar-refractivity contribution in [2.24, 2.45) is 11.3 Å². The molecular formula is C15H30N4. The van der Waals surface area contributed by atoms with E-state index < -0.39 is 0 Å². The Kier molecular flexibility index (Phi) is 5.98. The summed E-state index contributed by atoms with van der Waals surface area (Å²) in [6.07, 6.45) is 1.86. The second kappa shape index (κ2) is 7.04. The summed E-state index contributed by atoms with van der Waals surface area (Å²) in [4.78, 5) is 4.57. The molecule has 4 heteroatoms. The highest BCUT2D eigenvalue weighted by molar-refractivity contribution is 4.93. The van der Waals surface area contributed by atoms with E-state index in [2.05, 4.69) is 61.6 Å². The molecule has 0 radical (unpaired) electrons. The van der Waals surface area contributed by atoms with Crippen molar-refractivity contribution < 1.29 is 0 Å². The highest BCUT2D eigenvalue weighted by Gasteiger charge is 2.21. The highest BCUT2D eigenvalue weighted by atomic mass is 15.3. The van der Waals surface area contributed by atoms with Crippen LogP contribution >= 0.6 is 0 Å². The lowest BCUT2D eigenvalue weighted by Gasteiger charge is -2.26. The van der Waals surface area contributed by atoms with Crippen LogP contribution in [0, 0.1) is 11.3 Å². The first-order chi connectivity index (χ1) is 8.88. The van der Waals surface area contributed by atoms with Gasteiger partial charge in [-0.3, -0.25) is 0 Å². The molecular weight excluding hydrogens is 236 g/mol. The molecule has 0 aliphatic carbocycles. The molecule has 0 amide bonds. The van der Waals surface area contributed by atoms with E-state index in [0.29, 0.717) is 5.92 Å². The summed E-state index contributed by atoms with van der Waals surface area (Å²) in [5.74, 6) is 2.76. The monoisotopic (exact) mass is 266 g/mol. The van der Waals surface area contributed by atoms with E-state index in [-0.39, 0.29) is 5.41 Å². The summed E-state index contributed by atoms with van der Waals surface area (Å²) >= 11 is 0. The van der Waals surface area contributed by atoms with Gasteiger partial charge >= 0.3 is 0 Å². The van der Waals surface area contributed by atoms with Gasteiger partial charge in [-0.05, 0) is 17.9 Å². The average Bonchev–Trinajstić information content (AvgIpc) is 2.69. The minimum atomic E-state index is 0.192. The summed E-state index contributed by atoms with van der Waals surface area (Å²) in [6, 6.07) is 0. The van der Waals surface area contributed by atoms with E-state index in [0.717, 1.165) is 44.1 Å². The van der Waals surface area contributed by atoms with Gasteiger partial charge in [0.15, 0.2) is 5.82 Å². The van der Waals surface area contributed by atoms with Crippen molar-refractivity contribution in [1.82, 2.24) is 20.1 Å². The Balaban J connectivity index is 2.63. The predicted octanol–water partition coefficient (Wildman–Crippen LogP) is 2.67. The Morgan fingerprint density at radius 3 is 2.42 bits per heavy atom. The number of nitrogens with zero attached hydrogens (tertiary/aromatic N) is 3. The highest BCUT2D eigenvalue weighted by Crippen LogP contribution is 2.18. The van der Waals surface area contributed by atoms with Crippen molar-refractivity contribution in [1.29, 1.82) is 0 Å². The molecule has 0 aliphatic rings. The summed E-state index contributed by atoms with van der Waals surface area (Å²) in [5.41, 5.74) is 0.192. The van der Waals surface area contributed by atoms with Gasteiger partial charge in [-0.1, -0.05) is 41.5 Å². The van der Waals surface area contributed by atoms with Crippen molar-refractivity contribution in [2.45, 2.75) is 60.9 Å². The van der Waals surface area contributed by atoms with Gasteiger partial charge in [0.05, 0.1) is 0 Å². The second-order valence-electron chi connectivity index (χ2n) is 6.50. The van der Waals surface area contributed by atoms with Crippen molar-refractivity contribution in [3.63, 3.8) is 0 Å². The van der Waals surface area contributed by atoms with E-state index >= 15 is 0 Å². The van der Waals surface area contributed by atoms with Crippen LogP contribution in [0.4, 0.5) is 0 Å². The topological polar surface area (TPSA) is 42.7 Å². The van der Waals surface area contributed by atoms with Gasteiger partial charge < -0.3 is 5.32 Å². The third-order valence-corrected chi connectivity index (χ3v) is 3.16. The minimum Gasteiger partial charge on any atom is -0.316 e. The number of hydrogen-bond donors (Lipinski definition) is 1. The zero-order valence-electron chi connectivity index (χ0n) is 13.5. The molecule has 4 nitrogen and oxygen atoms in total. The molecule has 0 saturated heterocycles. The molecule has 1 heterocycles. The minimum absolute atomic E-state index is 0.192. The van der Waals surface area contributed by atoms with Crippen LogP contribution in [0.25, 0.3) is 0 Å². The summed E-state index contributed by atoms with van der Waals surface area (Å²) in [7, 11) is 0. The first-order valence-electron chi connectivity index (χ1n) is 7.51. The molecule has 1 N–H and O–H groups in total. The standard InChI is InChI=1S/C15H30N4/c1-7-13-17-14(8-2)19(18-13)11-15(5,6)10-16-9-12(3)4/h12,16H,7-11H2,1-6H3. The lowest BCUT2D eigenvalue weighted by Crippen LogP contribution is -2.35. The van der Waals surface area contributed by atoms with Crippen LogP contribution < -0.4 is 5.32 Å². The molecule has 0 spiro atoms. The van der Waals surface area contributed by atoms with Gasteiger partial charge in [-0.2, -0.15) is 5.10 Å². The van der Waals surface area contributed by atoms with E-state index in [4.69, 9.17) is 0 Å². The maximum atomic E-state index is 4.61. The fourth-order valence-corrected chi connectivity index (χ4v) is 2.12. The number of rotatable bonds is 8. The third-order valence-electron chi connectivity index (χ3n) is 3.16. The first kappa shape index (κ1) is 16.2. The molecule has 0 saturated carbocycles. The number of nitrogens with one attached hydrogen (secondary N) is 1. The lowest BCUT2D eigenvalue weighted by molar-refractivity contribution is 0.268. The zero-order valence-corrected chi connectivity index (χ0v) is 13.5. The lowest BCUT2D eigenvalue weighted by atomic mass is 9.93. The van der Waals surface area contributed by atoms with Crippen molar-refractivity contribution in [3.05, 3.63) is 11.6 Å². The summed E-state index contributed by atoms with van der Waals surface area (Å²) in [5, 5.41) is 8.15. The van der Waals surface area contributed by atoms with Crippen LogP contribution in [0.3, 0.4) is 0 Å². The predicted molar refractivity (Wildman–Crippen MR) is 80.3 cm³/mol. The molecule has 1 aromatic rings. The smallest absolute Gasteiger partial charge is 0.150 e. The van der Waals surface area contributed by atoms with E-state index in [9.17, 15) is 0 Å². The maximum absolute atomic E-state index is 4.61. The van der Waals surface area contributed by atoms with Gasteiger partial charge in [0, 0.05) is 25.9 Å². The Labute approximate surface area is 118 Å². The zero-order chi connectivity index (χ0) is 14.5. The largest absolute Gasteiger partial charge is 0.316 e. The van der Waals surface area contributed by atoms with Crippen LogP contribution in [-0.2, 0) is 19.4 Å². The van der Waals surface area contributed by atoms with Gasteiger partial charge in [-0.25, -0.2) is 9.67 Å². The van der Waals surface area contributed by atoms with E-state index in [1.165, 1.54) is 0 Å². The van der Waals surface area contributed by atoms with Gasteiger partial charge in [0.25, 0.3) is 0 Å². The molecule has 110 valence electrons. The van der Waals surface area contributed by atoms with Gasteiger partial charge in [0.1, 0.15) is 5.82 Å². The number of hydrogen-bond acceptors (Lipinski definition) is 3. The van der Waals surface area contributed by atoms with E-state index in [1.54, 1.807) is 0 Å². The van der Waals surface area contributed by atoms with Crippen LogP contribution in [0.15, 0.2) is 0 Å². The second-order valence-corrected chi connectivity index (χ2v) is 6.50. The van der Waals surface area contributed by atoms with Crippen molar-refractivity contribution >= 4 is 0 Å². The molecule has 1 rings (SSSR count). The van der Waals surface area contributed by atoms with Gasteiger partial charge in [-0.15, -0.1) is 0 Å². The Morgan fingerprint density at radius 2 is 1.89 bits per heavy atom. The van der Waals surface area contributed by atoms with Gasteiger partial charge in [0.2, 0.25) is 0 Å². The Hall–Kier alpha value is -0.900. The van der Waals surface area contributed by atoms with Crippen LogP contribution in [0.2, 0.25) is 0 Å². The third kappa shape index (κ3) is 5.31. The van der Waals surface area contributed by atoms with Crippen molar-refractivity contribution in [2.75, 3.05) is 13.1 Å². The molecule has 0 bridgehead atoms. The summed E-state index contributed by atoms with van der Waals surface area (Å²) < 4.78 is 2.09. The number of aryl methyl sites for hydroxylation is 2. The molecule has 0 aromatic carbocycles. The fraction of sp³-hybridized carbons (Fsp3) is 0.867. The SMILES string of the molecule is CCc1nc(CC)n(CC(C)(C)CNCC(C)C)n1. The summed E-state index contributed by atoms with van der Waals surface area (Å²) in [6.45, 7) is 16.3. The quantitative estimate of drug-likeness (QED) is 0.786. The van der Waals surface area contributed by atoms with Crippen LogP contribution in [0.5, 0.6) is 0 Å². The van der Waals surface area contributed by atoms with Crippen LogP contribution in [0.1, 0.15) is 53.2 Å². The molecule has 19 heavy (non-hydrogen) atoms. The van der Waals surface area contributed by atoms with Crippen LogP contribution in [-0.4, -0.2) is 27.9 Å². The van der Waals surface area contributed by atoms with E-state index in [1.807, 2.05) is 0 Å². The molecule has 0 atom stereocenters. The molecule has 1 aromatic heterocycles. The normalized spacial score (nSPS) is 12.4. The first-order valence-corrected chi connectivity index (χ1v) is 7.51. The Bertz CT molecular complexity index is 379. The molecule has 0 fully saturated rings. The maximum Gasteiger partial charge on any atom is 0.150 e.